The number of hydrogen-bond acceptors (Lipinski definition) is 2. The van der Waals surface area contributed by atoms with Crippen LogP contribution in [-0.2, 0) is 12.0 Å². The summed E-state index contributed by atoms with van der Waals surface area (Å²) < 4.78 is 5.84. The second-order valence-corrected chi connectivity index (χ2v) is 5.22. The summed E-state index contributed by atoms with van der Waals surface area (Å²) in [5.74, 6) is 1.63. The van der Waals surface area contributed by atoms with E-state index >= 15 is 0 Å². The molecule has 0 saturated carbocycles. The van der Waals surface area contributed by atoms with Crippen LogP contribution in [-0.4, -0.2) is 5.11 Å². The largest absolute Gasteiger partial charge is 0.457 e. The molecule has 0 heterocycles. The average Bonchev–Trinajstić information content (AvgIpc) is 2.48. The molecule has 2 nitrogen and oxygen atoms in total. The molecule has 0 aliphatic heterocycles. The van der Waals surface area contributed by atoms with Crippen LogP contribution in [0.15, 0.2) is 61.2 Å². The molecule has 0 radical (unpaired) electrons. The Morgan fingerprint density at radius 1 is 1.10 bits per heavy atom. The molecule has 102 valence electrons. The molecule has 0 bridgehead atoms. The Labute approximate surface area is 119 Å². The fraction of sp³-hybridized carbons (Fsp3) is 0.222. The van der Waals surface area contributed by atoms with Gasteiger partial charge in [-0.2, -0.15) is 0 Å². The zero-order chi connectivity index (χ0) is 14.0. The lowest BCUT2D eigenvalue weighted by molar-refractivity contribution is 0.0703. The van der Waals surface area contributed by atoms with Gasteiger partial charge in [-0.15, -0.1) is 0 Å². The van der Waals surface area contributed by atoms with E-state index in [9.17, 15) is 5.11 Å². The van der Waals surface area contributed by atoms with Crippen LogP contribution in [0, 0.1) is 0 Å². The first-order valence-electron chi connectivity index (χ1n) is 6.93. The Morgan fingerprint density at radius 3 is 2.65 bits per heavy atom. The van der Waals surface area contributed by atoms with Crippen LogP contribution in [0.2, 0.25) is 0 Å². The molecule has 0 fully saturated rings. The van der Waals surface area contributed by atoms with Gasteiger partial charge in [0.1, 0.15) is 17.1 Å². The van der Waals surface area contributed by atoms with E-state index in [-0.39, 0.29) is 0 Å². The van der Waals surface area contributed by atoms with Crippen LogP contribution in [0.1, 0.15) is 24.0 Å². The van der Waals surface area contributed by atoms with Crippen molar-refractivity contribution in [1.82, 2.24) is 0 Å². The summed E-state index contributed by atoms with van der Waals surface area (Å²) in [6, 6.07) is 15.6. The molecule has 0 saturated heterocycles. The zero-order valence-electron chi connectivity index (χ0n) is 11.4. The number of aliphatic hydroxyl groups is 1. The molecule has 3 rings (SSSR count). The van der Waals surface area contributed by atoms with Crippen LogP contribution in [0.3, 0.4) is 0 Å². The van der Waals surface area contributed by atoms with Gasteiger partial charge in [-0.05, 0) is 54.7 Å². The molecular formula is C18H18O2. The van der Waals surface area contributed by atoms with Gasteiger partial charge in [0, 0.05) is 0 Å². The highest BCUT2D eigenvalue weighted by atomic mass is 16.5. The minimum Gasteiger partial charge on any atom is -0.457 e. The number of ether oxygens (including phenoxy) is 1. The first-order valence-corrected chi connectivity index (χ1v) is 6.93. The van der Waals surface area contributed by atoms with Gasteiger partial charge in [0.25, 0.3) is 0 Å². The zero-order valence-corrected chi connectivity index (χ0v) is 11.4. The van der Waals surface area contributed by atoms with Gasteiger partial charge in [-0.25, -0.2) is 0 Å². The van der Waals surface area contributed by atoms with Gasteiger partial charge in [0.05, 0.1) is 0 Å². The van der Waals surface area contributed by atoms with Gasteiger partial charge >= 0.3 is 0 Å². The van der Waals surface area contributed by atoms with E-state index in [1.54, 1.807) is 6.08 Å². The first-order chi connectivity index (χ1) is 9.71. The highest BCUT2D eigenvalue weighted by molar-refractivity contribution is 5.44. The summed E-state index contributed by atoms with van der Waals surface area (Å²) in [5, 5.41) is 10.6. The molecule has 1 atom stereocenters. The Kier molecular flexibility index (Phi) is 3.33. The van der Waals surface area contributed by atoms with Gasteiger partial charge < -0.3 is 9.84 Å². The van der Waals surface area contributed by atoms with E-state index in [2.05, 4.69) is 6.58 Å². The summed E-state index contributed by atoms with van der Waals surface area (Å²) in [6.45, 7) is 3.76. The van der Waals surface area contributed by atoms with Gasteiger partial charge in [0.15, 0.2) is 0 Å². The van der Waals surface area contributed by atoms with Crippen molar-refractivity contribution in [2.24, 2.45) is 0 Å². The molecule has 2 heteroatoms. The number of rotatable bonds is 3. The van der Waals surface area contributed by atoms with Crippen molar-refractivity contribution in [1.29, 1.82) is 0 Å². The number of aryl methyl sites for hydroxylation is 1. The fourth-order valence-electron chi connectivity index (χ4n) is 2.78. The smallest absolute Gasteiger partial charge is 0.127 e. The average molecular weight is 266 g/mol. The van der Waals surface area contributed by atoms with Crippen LogP contribution in [0.5, 0.6) is 11.5 Å². The molecule has 0 amide bonds. The van der Waals surface area contributed by atoms with E-state index < -0.39 is 5.60 Å². The quantitative estimate of drug-likeness (QED) is 0.844. The number of para-hydroxylation sites is 1. The maximum Gasteiger partial charge on any atom is 0.127 e. The molecule has 1 aliphatic carbocycles. The molecular weight excluding hydrogens is 248 g/mol. The lowest BCUT2D eigenvalue weighted by Crippen LogP contribution is -2.27. The summed E-state index contributed by atoms with van der Waals surface area (Å²) >= 11 is 0. The highest BCUT2D eigenvalue weighted by Crippen LogP contribution is 2.38. The monoisotopic (exact) mass is 266 g/mol. The highest BCUT2D eigenvalue weighted by Gasteiger charge is 2.31. The third-order valence-corrected chi connectivity index (χ3v) is 3.86. The van der Waals surface area contributed by atoms with Crippen molar-refractivity contribution in [2.75, 3.05) is 0 Å². The number of fused-ring (bicyclic) bond motifs is 1. The van der Waals surface area contributed by atoms with Crippen molar-refractivity contribution in [3.8, 4) is 11.5 Å². The molecule has 0 spiro atoms. The van der Waals surface area contributed by atoms with Crippen molar-refractivity contribution < 1.29 is 9.84 Å². The minimum atomic E-state index is -0.890. The second kappa shape index (κ2) is 5.14. The van der Waals surface area contributed by atoms with Crippen molar-refractivity contribution >= 4 is 0 Å². The van der Waals surface area contributed by atoms with Crippen LogP contribution >= 0.6 is 0 Å². The van der Waals surface area contributed by atoms with E-state index in [0.29, 0.717) is 0 Å². The standard InChI is InChI=1S/C18H18O2/c1-2-18(19)12-6-7-14-13-16(10-11-17(14)18)20-15-8-4-3-5-9-15/h2-5,8-11,13,19H,1,6-7,12H2. The molecule has 1 unspecified atom stereocenters. The third kappa shape index (κ3) is 2.35. The predicted octanol–water partition coefficient (Wildman–Crippen LogP) is 4.19. The van der Waals surface area contributed by atoms with Crippen LogP contribution in [0.25, 0.3) is 0 Å². The summed E-state index contributed by atoms with van der Waals surface area (Å²) in [5.41, 5.74) is 1.21. The molecule has 20 heavy (non-hydrogen) atoms. The van der Waals surface area contributed by atoms with Gasteiger partial charge in [-0.3, -0.25) is 0 Å². The summed E-state index contributed by atoms with van der Waals surface area (Å²) in [7, 11) is 0. The maximum absolute atomic E-state index is 10.6. The van der Waals surface area contributed by atoms with Crippen LogP contribution in [0.4, 0.5) is 0 Å². The molecule has 2 aromatic rings. The molecule has 0 aromatic heterocycles. The van der Waals surface area contributed by atoms with Crippen molar-refractivity contribution in [2.45, 2.75) is 24.9 Å². The van der Waals surface area contributed by atoms with Crippen LogP contribution < -0.4 is 4.74 Å². The van der Waals surface area contributed by atoms with E-state index in [1.807, 2.05) is 48.5 Å². The maximum atomic E-state index is 10.6. The molecule has 1 N–H and O–H groups in total. The minimum absolute atomic E-state index is 0.738. The van der Waals surface area contributed by atoms with E-state index in [4.69, 9.17) is 4.74 Å². The van der Waals surface area contributed by atoms with Gasteiger partial charge in [0.2, 0.25) is 0 Å². The van der Waals surface area contributed by atoms with Gasteiger partial charge in [-0.1, -0.05) is 36.9 Å². The first kappa shape index (κ1) is 12.9. The van der Waals surface area contributed by atoms with E-state index in [1.165, 1.54) is 0 Å². The molecule has 1 aliphatic rings. The third-order valence-electron chi connectivity index (χ3n) is 3.86. The van der Waals surface area contributed by atoms with E-state index in [0.717, 1.165) is 41.9 Å². The lowest BCUT2D eigenvalue weighted by Gasteiger charge is -2.32. The SMILES string of the molecule is C=CC1(O)CCCc2cc(Oc3ccccc3)ccc21. The fourth-order valence-corrected chi connectivity index (χ4v) is 2.78. The Bertz CT molecular complexity index is 619. The number of hydrogen-bond donors (Lipinski definition) is 1. The summed E-state index contributed by atoms with van der Waals surface area (Å²) in [4.78, 5) is 0. The Morgan fingerprint density at radius 2 is 1.90 bits per heavy atom. The Hall–Kier alpha value is -2.06. The molecule has 2 aromatic carbocycles. The summed E-state index contributed by atoms with van der Waals surface area (Å²) in [6.07, 6.45) is 4.31. The van der Waals surface area contributed by atoms with Crippen molar-refractivity contribution in [3.63, 3.8) is 0 Å². The van der Waals surface area contributed by atoms with Crippen molar-refractivity contribution in [3.05, 3.63) is 72.3 Å². The normalized spacial score (nSPS) is 21.1. The topological polar surface area (TPSA) is 29.5 Å². The second-order valence-electron chi connectivity index (χ2n) is 5.22. The number of benzene rings is 2. The Balaban J connectivity index is 1.92. The lowest BCUT2D eigenvalue weighted by atomic mass is 9.79. The predicted molar refractivity (Wildman–Crippen MR) is 80.0 cm³/mol.